The minimum Gasteiger partial charge on any atom is -0.378 e. The number of nitrogens with one attached hydrogen (secondary N) is 2. The van der Waals surface area contributed by atoms with Crippen LogP contribution in [0.2, 0.25) is 0 Å². The zero-order chi connectivity index (χ0) is 16.4. The number of hydrogen-bond donors (Lipinski definition) is 2. The zero-order valence-electron chi connectivity index (χ0n) is 13.8. The van der Waals surface area contributed by atoms with Crippen molar-refractivity contribution in [3.8, 4) is 0 Å². The van der Waals surface area contributed by atoms with Crippen LogP contribution in [0.15, 0.2) is 24.3 Å². The molecule has 0 aliphatic rings. The summed E-state index contributed by atoms with van der Waals surface area (Å²) in [5.41, 5.74) is 1.76. The first-order valence-electron chi connectivity index (χ1n) is 7.80. The van der Waals surface area contributed by atoms with E-state index in [0.717, 1.165) is 31.4 Å². The van der Waals surface area contributed by atoms with Gasteiger partial charge in [-0.15, -0.1) is 0 Å². The molecule has 0 spiro atoms. The number of carbonyl (C=O) groups is 2. The Morgan fingerprint density at radius 1 is 1.00 bits per heavy atom. The number of benzene rings is 1. The van der Waals surface area contributed by atoms with Crippen molar-refractivity contribution < 1.29 is 9.59 Å². The van der Waals surface area contributed by atoms with E-state index < -0.39 is 0 Å². The first-order valence-corrected chi connectivity index (χ1v) is 7.80. The summed E-state index contributed by atoms with van der Waals surface area (Å²) in [6.07, 6.45) is 4.47. The summed E-state index contributed by atoms with van der Waals surface area (Å²) in [5, 5.41) is 5.54. The molecule has 122 valence electrons. The lowest BCUT2D eigenvalue weighted by molar-refractivity contribution is -0.120. The van der Waals surface area contributed by atoms with Gasteiger partial charge in [0.2, 0.25) is 5.91 Å². The molecule has 1 rings (SSSR count). The molecule has 0 unspecified atom stereocenters. The smallest absolute Gasteiger partial charge is 0.251 e. The normalized spacial score (nSPS) is 10.1. The van der Waals surface area contributed by atoms with Crippen LogP contribution in [0.1, 0.15) is 42.5 Å². The lowest BCUT2D eigenvalue weighted by Gasteiger charge is -2.12. The Kier molecular flexibility index (Phi) is 8.04. The summed E-state index contributed by atoms with van der Waals surface area (Å²) in [5.74, 6) is 0.0603. The van der Waals surface area contributed by atoms with Crippen molar-refractivity contribution in [2.45, 2.75) is 32.1 Å². The van der Waals surface area contributed by atoms with Crippen LogP contribution in [0, 0.1) is 0 Å². The third-order valence-electron chi connectivity index (χ3n) is 3.54. The summed E-state index contributed by atoms with van der Waals surface area (Å²) in [6, 6.07) is 7.56. The quantitative estimate of drug-likeness (QED) is 0.687. The first kappa shape index (κ1) is 18.0. The Labute approximate surface area is 133 Å². The van der Waals surface area contributed by atoms with Crippen LogP contribution in [-0.2, 0) is 4.79 Å². The molecule has 0 heterocycles. The SMILES string of the molecule is CNC(=O)CCCCCCNC(=O)c1ccc(N(C)C)cc1. The summed E-state index contributed by atoms with van der Waals surface area (Å²) >= 11 is 0. The number of anilines is 1. The average Bonchev–Trinajstić information content (AvgIpc) is 2.53. The fourth-order valence-electron chi connectivity index (χ4n) is 2.10. The number of hydrogen-bond acceptors (Lipinski definition) is 3. The van der Waals surface area contributed by atoms with Gasteiger partial charge in [-0.2, -0.15) is 0 Å². The molecule has 2 amide bonds. The molecule has 0 fully saturated rings. The molecule has 0 aliphatic heterocycles. The van der Waals surface area contributed by atoms with Gasteiger partial charge in [0.25, 0.3) is 5.91 Å². The Bertz CT molecular complexity index is 469. The molecule has 5 nitrogen and oxygen atoms in total. The molecule has 0 aromatic heterocycles. The highest BCUT2D eigenvalue weighted by molar-refractivity contribution is 5.94. The molecule has 0 radical (unpaired) electrons. The van der Waals surface area contributed by atoms with Crippen molar-refractivity contribution >= 4 is 17.5 Å². The Hall–Kier alpha value is -2.04. The third kappa shape index (κ3) is 6.61. The van der Waals surface area contributed by atoms with E-state index in [4.69, 9.17) is 0 Å². The van der Waals surface area contributed by atoms with E-state index >= 15 is 0 Å². The maximum atomic E-state index is 12.0. The molecule has 0 bridgehead atoms. The van der Waals surface area contributed by atoms with E-state index in [1.165, 1.54) is 0 Å². The molecular weight excluding hydrogens is 278 g/mol. The van der Waals surface area contributed by atoms with Crippen molar-refractivity contribution in [1.29, 1.82) is 0 Å². The van der Waals surface area contributed by atoms with Crippen LogP contribution in [0.4, 0.5) is 5.69 Å². The van der Waals surface area contributed by atoms with Gasteiger partial charge in [0.05, 0.1) is 0 Å². The number of carbonyl (C=O) groups excluding carboxylic acids is 2. The van der Waals surface area contributed by atoms with Crippen molar-refractivity contribution in [1.82, 2.24) is 10.6 Å². The van der Waals surface area contributed by atoms with E-state index in [9.17, 15) is 9.59 Å². The van der Waals surface area contributed by atoms with Crippen molar-refractivity contribution in [3.63, 3.8) is 0 Å². The second kappa shape index (κ2) is 9.82. The van der Waals surface area contributed by atoms with Gasteiger partial charge in [-0.3, -0.25) is 9.59 Å². The van der Waals surface area contributed by atoms with Crippen LogP contribution in [0.5, 0.6) is 0 Å². The summed E-state index contributed by atoms with van der Waals surface area (Å²) in [6.45, 7) is 0.675. The summed E-state index contributed by atoms with van der Waals surface area (Å²) in [7, 11) is 5.60. The average molecular weight is 305 g/mol. The van der Waals surface area contributed by atoms with Gasteiger partial charge in [-0.25, -0.2) is 0 Å². The number of rotatable bonds is 9. The van der Waals surface area contributed by atoms with E-state index in [0.29, 0.717) is 18.5 Å². The number of amides is 2. The standard InChI is InChI=1S/C17H27N3O2/c1-18-16(21)8-6-4-5-7-13-19-17(22)14-9-11-15(12-10-14)20(2)3/h9-12H,4-8,13H2,1-3H3,(H,18,21)(H,19,22). The second-order valence-electron chi connectivity index (χ2n) is 5.53. The van der Waals surface area contributed by atoms with Crippen LogP contribution in [-0.4, -0.2) is 39.5 Å². The third-order valence-corrected chi connectivity index (χ3v) is 3.54. The molecule has 2 N–H and O–H groups in total. The molecule has 0 aliphatic carbocycles. The highest BCUT2D eigenvalue weighted by Gasteiger charge is 2.05. The van der Waals surface area contributed by atoms with Crippen molar-refractivity contribution in [3.05, 3.63) is 29.8 Å². The van der Waals surface area contributed by atoms with Gasteiger partial charge in [0.15, 0.2) is 0 Å². The number of unbranched alkanes of at least 4 members (excludes halogenated alkanes) is 3. The van der Waals surface area contributed by atoms with E-state index in [1.54, 1.807) is 7.05 Å². The predicted molar refractivity (Wildman–Crippen MR) is 90.3 cm³/mol. The first-order chi connectivity index (χ1) is 10.5. The topological polar surface area (TPSA) is 61.4 Å². The van der Waals surface area contributed by atoms with Gasteiger partial charge in [-0.1, -0.05) is 12.8 Å². The Morgan fingerprint density at radius 2 is 1.64 bits per heavy atom. The maximum absolute atomic E-state index is 12.0. The van der Waals surface area contributed by atoms with E-state index in [1.807, 2.05) is 43.3 Å². The van der Waals surface area contributed by atoms with Gasteiger partial charge < -0.3 is 15.5 Å². The molecule has 1 aromatic rings. The molecule has 1 aromatic carbocycles. The molecule has 22 heavy (non-hydrogen) atoms. The van der Waals surface area contributed by atoms with Crippen LogP contribution in [0.3, 0.4) is 0 Å². The highest BCUT2D eigenvalue weighted by Crippen LogP contribution is 2.12. The van der Waals surface area contributed by atoms with Gasteiger partial charge in [0.1, 0.15) is 0 Å². The monoisotopic (exact) mass is 305 g/mol. The van der Waals surface area contributed by atoms with Crippen LogP contribution < -0.4 is 15.5 Å². The molecule has 5 heteroatoms. The van der Waals surface area contributed by atoms with E-state index in [2.05, 4.69) is 10.6 Å². The van der Waals surface area contributed by atoms with E-state index in [-0.39, 0.29) is 11.8 Å². The molecule has 0 atom stereocenters. The number of nitrogens with zero attached hydrogens (tertiary/aromatic N) is 1. The van der Waals surface area contributed by atoms with Crippen molar-refractivity contribution in [2.24, 2.45) is 0 Å². The van der Waals surface area contributed by atoms with Crippen LogP contribution >= 0.6 is 0 Å². The Balaban J connectivity index is 2.16. The minimum atomic E-state index is -0.0318. The lowest BCUT2D eigenvalue weighted by Crippen LogP contribution is -2.24. The second-order valence-corrected chi connectivity index (χ2v) is 5.53. The van der Waals surface area contributed by atoms with Gasteiger partial charge in [0, 0.05) is 45.4 Å². The van der Waals surface area contributed by atoms with Crippen LogP contribution in [0.25, 0.3) is 0 Å². The maximum Gasteiger partial charge on any atom is 0.251 e. The van der Waals surface area contributed by atoms with Gasteiger partial charge >= 0.3 is 0 Å². The predicted octanol–water partition coefficient (Wildman–Crippen LogP) is 2.18. The molecule has 0 saturated heterocycles. The van der Waals surface area contributed by atoms with Gasteiger partial charge in [-0.05, 0) is 37.1 Å². The van der Waals surface area contributed by atoms with Crippen molar-refractivity contribution in [2.75, 3.05) is 32.6 Å². The fraction of sp³-hybridized carbons (Fsp3) is 0.529. The zero-order valence-corrected chi connectivity index (χ0v) is 13.8. The molecule has 0 saturated carbocycles. The largest absolute Gasteiger partial charge is 0.378 e. The fourth-order valence-corrected chi connectivity index (χ4v) is 2.10. The summed E-state index contributed by atoms with van der Waals surface area (Å²) < 4.78 is 0. The molecular formula is C17H27N3O2. The Morgan fingerprint density at radius 3 is 2.23 bits per heavy atom. The lowest BCUT2D eigenvalue weighted by atomic mass is 10.1. The minimum absolute atomic E-state index is 0.0318. The highest BCUT2D eigenvalue weighted by atomic mass is 16.2. The summed E-state index contributed by atoms with van der Waals surface area (Å²) in [4.78, 5) is 25.0.